The maximum atomic E-state index is 13.3. The fourth-order valence-corrected chi connectivity index (χ4v) is 2.10. The third-order valence-electron chi connectivity index (χ3n) is 3.31. The summed E-state index contributed by atoms with van der Waals surface area (Å²) in [5.41, 5.74) is 1.44. The van der Waals surface area contributed by atoms with Gasteiger partial charge in [-0.15, -0.1) is 0 Å². The molecule has 4 heteroatoms. The zero-order chi connectivity index (χ0) is 15.4. The molecule has 1 atom stereocenters. The van der Waals surface area contributed by atoms with Crippen LogP contribution in [0.4, 0.5) is 4.39 Å². The summed E-state index contributed by atoms with van der Waals surface area (Å²) < 4.78 is 18.4. The lowest BCUT2D eigenvalue weighted by atomic mass is 9.90. The third-order valence-corrected chi connectivity index (χ3v) is 3.31. The van der Waals surface area contributed by atoms with E-state index in [1.807, 2.05) is 6.07 Å². The molecule has 21 heavy (non-hydrogen) atoms. The average Bonchev–Trinajstić information content (AvgIpc) is 2.51. The molecule has 0 fully saturated rings. The molecule has 0 N–H and O–H groups in total. The lowest BCUT2D eigenvalue weighted by Gasteiger charge is -2.11. The van der Waals surface area contributed by atoms with E-state index in [0.29, 0.717) is 16.9 Å². The van der Waals surface area contributed by atoms with E-state index in [0.717, 1.165) is 0 Å². The number of rotatable bonds is 4. The highest BCUT2D eigenvalue weighted by Crippen LogP contribution is 2.24. The van der Waals surface area contributed by atoms with Crippen molar-refractivity contribution >= 4 is 5.78 Å². The molecule has 0 aliphatic carbocycles. The van der Waals surface area contributed by atoms with Gasteiger partial charge in [0.05, 0.1) is 13.2 Å². The second-order valence-corrected chi connectivity index (χ2v) is 4.66. The minimum atomic E-state index is -0.962. The minimum absolute atomic E-state index is 0.234. The molecule has 2 aromatic carbocycles. The van der Waals surface area contributed by atoms with Gasteiger partial charge in [-0.1, -0.05) is 18.2 Å². The van der Waals surface area contributed by atoms with Gasteiger partial charge < -0.3 is 4.74 Å². The van der Waals surface area contributed by atoms with Crippen molar-refractivity contribution in [3.63, 3.8) is 0 Å². The van der Waals surface area contributed by atoms with Gasteiger partial charge in [0.15, 0.2) is 5.78 Å². The van der Waals surface area contributed by atoms with Crippen molar-refractivity contribution in [2.45, 2.75) is 12.8 Å². The molecule has 0 saturated carbocycles. The molecule has 0 bridgehead atoms. The van der Waals surface area contributed by atoms with Gasteiger partial charge in [-0.05, 0) is 42.3 Å². The number of hydrogen-bond acceptors (Lipinski definition) is 3. The number of methoxy groups -OCH3 is 1. The molecular formula is C17H14FNO2. The largest absolute Gasteiger partial charge is 0.497 e. The maximum Gasteiger partial charge on any atom is 0.184 e. The molecule has 0 aromatic heterocycles. The van der Waals surface area contributed by atoms with Gasteiger partial charge in [-0.3, -0.25) is 4.79 Å². The molecule has 3 nitrogen and oxygen atoms in total. The number of ketones is 1. The second-order valence-electron chi connectivity index (χ2n) is 4.66. The number of Topliss-reactive ketones (excluding diaryl/α,β-unsaturated/α-hetero) is 1. The first-order valence-electron chi connectivity index (χ1n) is 6.40. The molecule has 0 aliphatic rings. The summed E-state index contributed by atoms with van der Waals surface area (Å²) in [6.45, 7) is 1.72. The van der Waals surface area contributed by atoms with E-state index in [1.165, 1.54) is 25.3 Å². The Bertz CT molecular complexity index is 702. The molecule has 0 amide bonds. The fraction of sp³-hybridized carbons (Fsp3) is 0.176. The first-order chi connectivity index (χ1) is 10.1. The highest BCUT2D eigenvalue weighted by atomic mass is 19.1. The third kappa shape index (κ3) is 3.09. The van der Waals surface area contributed by atoms with E-state index in [4.69, 9.17) is 4.74 Å². The van der Waals surface area contributed by atoms with Crippen LogP contribution in [0.25, 0.3) is 0 Å². The number of hydrogen-bond donors (Lipinski definition) is 0. The summed E-state index contributed by atoms with van der Waals surface area (Å²) in [5, 5.41) is 9.30. The van der Waals surface area contributed by atoms with Crippen molar-refractivity contribution in [1.29, 1.82) is 5.26 Å². The molecule has 2 aromatic rings. The molecule has 0 aliphatic heterocycles. The van der Waals surface area contributed by atoms with Gasteiger partial charge in [0, 0.05) is 5.56 Å². The lowest BCUT2D eigenvalue weighted by molar-refractivity contribution is 0.0978. The van der Waals surface area contributed by atoms with Crippen molar-refractivity contribution in [2.24, 2.45) is 0 Å². The van der Waals surface area contributed by atoms with Gasteiger partial charge >= 0.3 is 0 Å². The average molecular weight is 283 g/mol. The number of benzene rings is 2. The predicted molar refractivity (Wildman–Crippen MR) is 76.8 cm³/mol. The summed E-state index contributed by atoms with van der Waals surface area (Å²) >= 11 is 0. The number of halogens is 1. The van der Waals surface area contributed by atoms with Crippen molar-refractivity contribution in [3.8, 4) is 11.8 Å². The number of carbonyl (C=O) groups excluding carboxylic acids is 1. The number of aryl methyl sites for hydroxylation is 1. The summed E-state index contributed by atoms with van der Waals surface area (Å²) in [4.78, 5) is 12.5. The quantitative estimate of drug-likeness (QED) is 0.805. The Balaban J connectivity index is 2.38. The van der Waals surface area contributed by atoms with E-state index < -0.39 is 17.5 Å². The molecule has 106 valence electrons. The Kier molecular flexibility index (Phi) is 4.34. The Morgan fingerprint density at radius 1 is 1.24 bits per heavy atom. The number of carbonyl (C=O) groups is 1. The summed E-state index contributed by atoms with van der Waals surface area (Å²) in [6, 6.07) is 12.7. The van der Waals surface area contributed by atoms with Gasteiger partial charge in [0.2, 0.25) is 0 Å². The van der Waals surface area contributed by atoms with E-state index in [1.54, 1.807) is 31.2 Å². The number of nitrogens with zero attached hydrogens (tertiary/aromatic N) is 1. The molecule has 0 spiro atoms. The Morgan fingerprint density at radius 3 is 2.48 bits per heavy atom. The van der Waals surface area contributed by atoms with Crippen LogP contribution in [0.15, 0.2) is 42.5 Å². The highest BCUT2D eigenvalue weighted by molar-refractivity contribution is 6.03. The van der Waals surface area contributed by atoms with Gasteiger partial charge in [0.1, 0.15) is 17.5 Å². The first-order valence-corrected chi connectivity index (χ1v) is 6.40. The van der Waals surface area contributed by atoms with Crippen LogP contribution < -0.4 is 4.74 Å². The molecule has 2 rings (SSSR count). The summed E-state index contributed by atoms with van der Waals surface area (Å²) in [7, 11) is 1.54. The SMILES string of the molecule is COc1ccc(C(C#N)C(=O)c2cc(F)ccc2C)cc1. The van der Waals surface area contributed by atoms with Crippen molar-refractivity contribution in [3.05, 3.63) is 65.0 Å². The topological polar surface area (TPSA) is 50.1 Å². The molecule has 0 saturated heterocycles. The molecule has 0 radical (unpaired) electrons. The van der Waals surface area contributed by atoms with E-state index in [2.05, 4.69) is 0 Å². The zero-order valence-electron chi connectivity index (χ0n) is 11.8. The van der Waals surface area contributed by atoms with Crippen LogP contribution in [-0.4, -0.2) is 12.9 Å². The summed E-state index contributed by atoms with van der Waals surface area (Å²) in [5.74, 6) is -1.21. The van der Waals surface area contributed by atoms with Crippen LogP contribution in [0, 0.1) is 24.1 Å². The van der Waals surface area contributed by atoms with Crippen LogP contribution in [0.3, 0.4) is 0 Å². The number of ether oxygens (including phenoxy) is 1. The first kappa shape index (κ1) is 14.7. The lowest BCUT2D eigenvalue weighted by Crippen LogP contribution is -2.13. The van der Waals surface area contributed by atoms with E-state index >= 15 is 0 Å². The van der Waals surface area contributed by atoms with Crippen molar-refractivity contribution < 1.29 is 13.9 Å². The van der Waals surface area contributed by atoms with E-state index in [-0.39, 0.29) is 5.56 Å². The second kappa shape index (κ2) is 6.19. The molecule has 0 heterocycles. The maximum absolute atomic E-state index is 13.3. The number of nitriles is 1. The predicted octanol–water partition coefficient (Wildman–Crippen LogP) is 3.63. The molecule has 1 unspecified atom stereocenters. The van der Waals surface area contributed by atoms with Crippen LogP contribution >= 0.6 is 0 Å². The normalized spacial score (nSPS) is 11.5. The smallest absolute Gasteiger partial charge is 0.184 e. The Morgan fingerprint density at radius 2 is 1.90 bits per heavy atom. The fourth-order valence-electron chi connectivity index (χ4n) is 2.10. The van der Waals surface area contributed by atoms with E-state index in [9.17, 15) is 14.4 Å². The van der Waals surface area contributed by atoms with Gasteiger partial charge in [-0.25, -0.2) is 4.39 Å². The molecular weight excluding hydrogens is 269 g/mol. The van der Waals surface area contributed by atoms with Crippen LogP contribution in [0.2, 0.25) is 0 Å². The Hall–Kier alpha value is -2.67. The minimum Gasteiger partial charge on any atom is -0.497 e. The van der Waals surface area contributed by atoms with Crippen LogP contribution in [0.5, 0.6) is 5.75 Å². The zero-order valence-corrected chi connectivity index (χ0v) is 11.8. The van der Waals surface area contributed by atoms with Gasteiger partial charge in [-0.2, -0.15) is 5.26 Å². The van der Waals surface area contributed by atoms with Crippen molar-refractivity contribution in [2.75, 3.05) is 7.11 Å². The summed E-state index contributed by atoms with van der Waals surface area (Å²) in [6.07, 6.45) is 0. The Labute approximate surface area is 122 Å². The van der Waals surface area contributed by atoms with Gasteiger partial charge in [0.25, 0.3) is 0 Å². The van der Waals surface area contributed by atoms with Crippen LogP contribution in [-0.2, 0) is 0 Å². The highest BCUT2D eigenvalue weighted by Gasteiger charge is 2.23. The monoisotopic (exact) mass is 283 g/mol. The standard InChI is InChI=1S/C17H14FNO2/c1-11-3-6-13(18)9-15(11)17(20)16(10-19)12-4-7-14(21-2)8-5-12/h3-9,16H,1-2H3. The van der Waals surface area contributed by atoms with Crippen LogP contribution in [0.1, 0.15) is 27.4 Å². The van der Waals surface area contributed by atoms with Crippen molar-refractivity contribution in [1.82, 2.24) is 0 Å².